The number of hydrogen-bond acceptors (Lipinski definition) is 4. The summed E-state index contributed by atoms with van der Waals surface area (Å²) >= 11 is 1.73. The molecule has 0 aliphatic carbocycles. The topological polar surface area (TPSA) is 78.4 Å². The van der Waals surface area contributed by atoms with Crippen molar-refractivity contribution in [3.63, 3.8) is 0 Å². The van der Waals surface area contributed by atoms with Crippen LogP contribution in [0, 0.1) is 6.92 Å². The van der Waals surface area contributed by atoms with E-state index in [0.29, 0.717) is 13.0 Å². The van der Waals surface area contributed by atoms with E-state index in [0.717, 1.165) is 41.7 Å². The first-order valence-electron chi connectivity index (χ1n) is 8.98. The van der Waals surface area contributed by atoms with Gasteiger partial charge in [0.15, 0.2) is 5.96 Å². The van der Waals surface area contributed by atoms with Gasteiger partial charge in [-0.15, -0.1) is 11.3 Å². The second-order valence-electron chi connectivity index (χ2n) is 6.30. The average molecular weight is 372 g/mol. The number of aryl methyl sites for hydroxylation is 1. The van der Waals surface area contributed by atoms with Crippen LogP contribution in [0.15, 0.2) is 35.5 Å². The van der Waals surface area contributed by atoms with Gasteiger partial charge in [0.25, 0.3) is 0 Å². The summed E-state index contributed by atoms with van der Waals surface area (Å²) in [5, 5.41) is 10.7. The third-order valence-electron chi connectivity index (χ3n) is 4.22. The summed E-state index contributed by atoms with van der Waals surface area (Å²) in [5.41, 5.74) is 2.06. The minimum Gasteiger partial charge on any atom is -0.357 e. The van der Waals surface area contributed by atoms with Gasteiger partial charge < -0.3 is 16.0 Å². The Hall–Kier alpha value is -2.41. The second-order valence-corrected chi connectivity index (χ2v) is 7.62. The summed E-state index contributed by atoms with van der Waals surface area (Å²) in [5.74, 6) is 0.947. The van der Waals surface area contributed by atoms with E-state index in [1.807, 2.05) is 31.3 Å². The molecule has 1 amide bonds. The molecule has 2 heterocycles. The maximum atomic E-state index is 11.9. The van der Waals surface area contributed by atoms with E-state index in [-0.39, 0.29) is 11.8 Å². The van der Waals surface area contributed by atoms with Gasteiger partial charge in [-0.2, -0.15) is 0 Å². The van der Waals surface area contributed by atoms with Gasteiger partial charge in [-0.05, 0) is 25.5 Å². The lowest BCUT2D eigenvalue weighted by atomic mass is 9.91. The van der Waals surface area contributed by atoms with Gasteiger partial charge in [0.1, 0.15) is 0 Å². The summed E-state index contributed by atoms with van der Waals surface area (Å²) in [4.78, 5) is 22.3. The van der Waals surface area contributed by atoms with Crippen LogP contribution in [0.5, 0.6) is 0 Å². The molecule has 7 heteroatoms. The molecule has 1 unspecified atom stereocenters. The molecule has 6 nitrogen and oxygen atoms in total. The number of thiazole rings is 1. The predicted molar refractivity (Wildman–Crippen MR) is 107 cm³/mol. The molecule has 0 spiro atoms. The minimum atomic E-state index is 0.0565. The maximum absolute atomic E-state index is 11.9. The Morgan fingerprint density at radius 3 is 3.00 bits per heavy atom. The van der Waals surface area contributed by atoms with E-state index in [4.69, 9.17) is 4.99 Å². The first-order chi connectivity index (χ1) is 12.7. The fraction of sp³-hybridized carbons (Fsp3) is 0.421. The van der Waals surface area contributed by atoms with Crippen molar-refractivity contribution < 1.29 is 4.79 Å². The highest BCUT2D eigenvalue weighted by atomic mass is 32.1. The average Bonchev–Trinajstić information content (AvgIpc) is 3.04. The predicted octanol–water partition coefficient (Wildman–Crippen LogP) is 2.68. The normalized spacial score (nSPS) is 16.8. The summed E-state index contributed by atoms with van der Waals surface area (Å²) in [6.45, 7) is 6.27. The van der Waals surface area contributed by atoms with Crippen LogP contribution in [0.4, 0.5) is 5.69 Å². The van der Waals surface area contributed by atoms with Crippen LogP contribution in [0.2, 0.25) is 0 Å². The smallest absolute Gasteiger partial charge is 0.225 e. The second kappa shape index (κ2) is 8.80. The van der Waals surface area contributed by atoms with Crippen molar-refractivity contribution in [3.8, 4) is 0 Å². The van der Waals surface area contributed by atoms with Gasteiger partial charge in [-0.3, -0.25) is 9.79 Å². The Balaban J connectivity index is 1.61. The first kappa shape index (κ1) is 18.4. The number of carbonyl (C=O) groups is 1. The fourth-order valence-electron chi connectivity index (χ4n) is 3.01. The highest BCUT2D eigenvalue weighted by molar-refractivity contribution is 7.11. The van der Waals surface area contributed by atoms with E-state index in [2.05, 4.69) is 33.9 Å². The Bertz CT molecular complexity index is 786. The van der Waals surface area contributed by atoms with Crippen molar-refractivity contribution in [2.45, 2.75) is 32.6 Å². The molecule has 3 N–H and O–H groups in total. The molecule has 0 bridgehead atoms. The molecule has 1 aromatic heterocycles. The molecule has 0 fully saturated rings. The molecule has 1 aromatic carbocycles. The number of para-hydroxylation sites is 1. The van der Waals surface area contributed by atoms with Gasteiger partial charge in [-0.25, -0.2) is 4.98 Å². The van der Waals surface area contributed by atoms with Crippen molar-refractivity contribution in [3.05, 3.63) is 45.9 Å². The molecule has 0 saturated carbocycles. The third-order valence-corrected chi connectivity index (χ3v) is 5.19. The SMILES string of the molecule is CCNC(=NCC1CC(=O)Nc2ccccc21)NCCc1ncc(C)s1. The number of fused-ring (bicyclic) bond motifs is 1. The number of amides is 1. The number of anilines is 1. The Kier molecular flexibility index (Phi) is 6.22. The van der Waals surface area contributed by atoms with Gasteiger partial charge >= 0.3 is 0 Å². The number of guanidine groups is 1. The van der Waals surface area contributed by atoms with Crippen LogP contribution >= 0.6 is 11.3 Å². The molecule has 1 aliphatic rings. The van der Waals surface area contributed by atoms with Crippen molar-refractivity contribution in [1.29, 1.82) is 0 Å². The monoisotopic (exact) mass is 371 g/mol. The number of carbonyl (C=O) groups excluding carboxylic acids is 1. The molecular weight excluding hydrogens is 346 g/mol. The number of rotatable bonds is 6. The van der Waals surface area contributed by atoms with Crippen LogP contribution in [-0.4, -0.2) is 36.5 Å². The zero-order valence-corrected chi connectivity index (χ0v) is 16.0. The molecule has 3 rings (SSSR count). The highest BCUT2D eigenvalue weighted by Crippen LogP contribution is 2.31. The molecule has 138 valence electrons. The van der Waals surface area contributed by atoms with Gasteiger partial charge in [-0.1, -0.05) is 18.2 Å². The van der Waals surface area contributed by atoms with Crippen LogP contribution in [0.25, 0.3) is 0 Å². The molecule has 2 aromatic rings. The highest BCUT2D eigenvalue weighted by Gasteiger charge is 2.24. The van der Waals surface area contributed by atoms with E-state index in [1.54, 1.807) is 11.3 Å². The standard InChI is InChI=1S/C19H25N5OS/c1-3-20-19(21-9-8-18-22-11-13(2)26-18)23-12-14-10-17(25)24-16-7-5-4-6-15(14)16/h4-7,11,14H,3,8-10,12H2,1-2H3,(H,24,25)(H2,20,21,23). The molecule has 26 heavy (non-hydrogen) atoms. The van der Waals surface area contributed by atoms with E-state index in [9.17, 15) is 4.79 Å². The maximum Gasteiger partial charge on any atom is 0.225 e. The number of aromatic nitrogens is 1. The summed E-state index contributed by atoms with van der Waals surface area (Å²) in [7, 11) is 0. The molecule has 1 aliphatic heterocycles. The van der Waals surface area contributed by atoms with E-state index < -0.39 is 0 Å². The van der Waals surface area contributed by atoms with Gasteiger partial charge in [0.2, 0.25) is 5.91 Å². The van der Waals surface area contributed by atoms with Crippen LogP contribution in [0.1, 0.15) is 34.7 Å². The van der Waals surface area contributed by atoms with Gasteiger partial charge in [0.05, 0.1) is 11.6 Å². The van der Waals surface area contributed by atoms with Crippen LogP contribution < -0.4 is 16.0 Å². The van der Waals surface area contributed by atoms with Crippen molar-refractivity contribution in [2.75, 3.05) is 25.0 Å². The lowest BCUT2D eigenvalue weighted by Gasteiger charge is -2.24. The van der Waals surface area contributed by atoms with E-state index >= 15 is 0 Å². The van der Waals surface area contributed by atoms with Crippen molar-refractivity contribution in [1.82, 2.24) is 15.6 Å². The molecule has 1 atom stereocenters. The van der Waals surface area contributed by atoms with Crippen molar-refractivity contribution >= 4 is 28.9 Å². The summed E-state index contributed by atoms with van der Waals surface area (Å²) in [6.07, 6.45) is 3.25. The number of nitrogens with zero attached hydrogens (tertiary/aromatic N) is 2. The number of hydrogen-bond donors (Lipinski definition) is 3. The quantitative estimate of drug-likeness (QED) is 0.539. The lowest BCUT2D eigenvalue weighted by Crippen LogP contribution is -2.38. The summed E-state index contributed by atoms with van der Waals surface area (Å²) < 4.78 is 0. The zero-order chi connectivity index (χ0) is 18.4. The molecule has 0 radical (unpaired) electrons. The molecular formula is C19H25N5OS. The number of aliphatic imine (C=N–C) groups is 1. The van der Waals surface area contributed by atoms with Crippen LogP contribution in [0.3, 0.4) is 0 Å². The third kappa shape index (κ3) is 4.82. The zero-order valence-electron chi connectivity index (χ0n) is 15.2. The Labute approximate surface area is 158 Å². The Morgan fingerprint density at radius 1 is 1.38 bits per heavy atom. The Morgan fingerprint density at radius 2 is 2.23 bits per heavy atom. The van der Waals surface area contributed by atoms with Crippen molar-refractivity contribution in [2.24, 2.45) is 4.99 Å². The molecule has 0 saturated heterocycles. The van der Waals surface area contributed by atoms with Gasteiger partial charge in [0, 0.05) is 48.6 Å². The van der Waals surface area contributed by atoms with E-state index in [1.165, 1.54) is 4.88 Å². The lowest BCUT2D eigenvalue weighted by molar-refractivity contribution is -0.116. The van der Waals surface area contributed by atoms with Crippen LogP contribution in [-0.2, 0) is 11.2 Å². The number of benzene rings is 1. The fourth-order valence-corrected chi connectivity index (χ4v) is 3.80. The largest absolute Gasteiger partial charge is 0.357 e. The minimum absolute atomic E-state index is 0.0565. The number of nitrogens with one attached hydrogen (secondary N) is 3. The first-order valence-corrected chi connectivity index (χ1v) is 9.79. The summed E-state index contributed by atoms with van der Waals surface area (Å²) in [6, 6.07) is 7.96.